The highest BCUT2D eigenvalue weighted by Gasteiger charge is 2.17. The van der Waals surface area contributed by atoms with Gasteiger partial charge in [0.25, 0.3) is 0 Å². The van der Waals surface area contributed by atoms with E-state index in [-0.39, 0.29) is 11.9 Å². The fourth-order valence-corrected chi connectivity index (χ4v) is 3.56. The molecule has 0 saturated carbocycles. The first-order valence-corrected chi connectivity index (χ1v) is 10.0. The van der Waals surface area contributed by atoms with Crippen molar-refractivity contribution in [3.05, 3.63) is 65.6 Å². The predicted octanol–water partition coefficient (Wildman–Crippen LogP) is 3.50. The molecular weight excluding hydrogens is 385 g/mol. The molecule has 0 amide bonds. The third kappa shape index (κ3) is 4.53. The topological polar surface area (TPSA) is 57.5 Å². The van der Waals surface area contributed by atoms with Crippen LogP contribution in [0, 0.1) is 12.7 Å². The van der Waals surface area contributed by atoms with Gasteiger partial charge in [0.05, 0.1) is 44.4 Å². The Labute approximate surface area is 175 Å². The standard InChI is InChI=1S/C23H26FN3O3/c1-16-5-3-4-6-21(16)27-14-18(12-25-13-19-15-29-9-10-30-19)23(26-27)17-7-8-22(28-2)20(24)11-17/h3-8,11,14,19,25H,9-10,12-13,15H2,1-2H3. The number of hydrogen-bond acceptors (Lipinski definition) is 5. The van der Waals surface area contributed by atoms with E-state index < -0.39 is 5.82 Å². The first-order valence-electron chi connectivity index (χ1n) is 10.0. The molecule has 0 radical (unpaired) electrons. The third-order valence-electron chi connectivity index (χ3n) is 5.15. The van der Waals surface area contributed by atoms with Crippen LogP contribution in [-0.2, 0) is 16.0 Å². The summed E-state index contributed by atoms with van der Waals surface area (Å²) in [5, 5.41) is 8.21. The number of aromatic nitrogens is 2. The molecule has 1 unspecified atom stereocenters. The zero-order valence-corrected chi connectivity index (χ0v) is 17.2. The van der Waals surface area contributed by atoms with E-state index in [2.05, 4.69) is 5.32 Å². The van der Waals surface area contributed by atoms with E-state index in [0.717, 1.165) is 22.5 Å². The van der Waals surface area contributed by atoms with E-state index in [1.165, 1.54) is 13.2 Å². The Balaban J connectivity index is 1.62. The number of benzene rings is 2. The molecule has 1 aromatic heterocycles. The van der Waals surface area contributed by atoms with Crippen LogP contribution in [0.15, 0.2) is 48.7 Å². The van der Waals surface area contributed by atoms with Crippen molar-refractivity contribution in [3.63, 3.8) is 0 Å². The third-order valence-corrected chi connectivity index (χ3v) is 5.15. The molecule has 1 aliphatic heterocycles. The van der Waals surface area contributed by atoms with Crippen molar-refractivity contribution in [3.8, 4) is 22.7 Å². The maximum absolute atomic E-state index is 14.4. The van der Waals surface area contributed by atoms with Gasteiger partial charge >= 0.3 is 0 Å². The van der Waals surface area contributed by atoms with Crippen molar-refractivity contribution in [2.75, 3.05) is 33.5 Å². The molecule has 0 spiro atoms. The first kappa shape index (κ1) is 20.5. The van der Waals surface area contributed by atoms with Crippen LogP contribution in [0.25, 0.3) is 16.9 Å². The number of nitrogens with zero attached hydrogens (tertiary/aromatic N) is 2. The Morgan fingerprint density at radius 1 is 1.23 bits per heavy atom. The molecular formula is C23H26FN3O3. The highest BCUT2D eigenvalue weighted by Crippen LogP contribution is 2.28. The van der Waals surface area contributed by atoms with Crippen molar-refractivity contribution in [2.45, 2.75) is 19.6 Å². The molecule has 30 heavy (non-hydrogen) atoms. The van der Waals surface area contributed by atoms with Crippen molar-refractivity contribution in [1.29, 1.82) is 0 Å². The van der Waals surface area contributed by atoms with Gasteiger partial charge in [0.2, 0.25) is 0 Å². The van der Waals surface area contributed by atoms with Gasteiger partial charge in [0, 0.05) is 30.4 Å². The van der Waals surface area contributed by atoms with Crippen molar-refractivity contribution < 1.29 is 18.6 Å². The van der Waals surface area contributed by atoms with Gasteiger partial charge in [-0.25, -0.2) is 9.07 Å². The van der Waals surface area contributed by atoms with Crippen molar-refractivity contribution in [2.24, 2.45) is 0 Å². The fourth-order valence-electron chi connectivity index (χ4n) is 3.56. The molecule has 158 valence electrons. The molecule has 1 N–H and O–H groups in total. The van der Waals surface area contributed by atoms with E-state index in [4.69, 9.17) is 19.3 Å². The van der Waals surface area contributed by atoms with Gasteiger partial charge in [-0.15, -0.1) is 0 Å². The Morgan fingerprint density at radius 3 is 2.83 bits per heavy atom. The Hall–Kier alpha value is -2.74. The average Bonchev–Trinajstić information content (AvgIpc) is 3.18. The molecule has 1 atom stereocenters. The molecule has 1 fully saturated rings. The quantitative estimate of drug-likeness (QED) is 0.645. The zero-order valence-electron chi connectivity index (χ0n) is 17.2. The van der Waals surface area contributed by atoms with Gasteiger partial charge in [-0.2, -0.15) is 5.10 Å². The summed E-state index contributed by atoms with van der Waals surface area (Å²) in [7, 11) is 1.46. The Kier molecular flexibility index (Phi) is 6.42. The number of aryl methyl sites for hydroxylation is 1. The molecule has 0 bridgehead atoms. The average molecular weight is 411 g/mol. The van der Waals surface area contributed by atoms with E-state index in [1.54, 1.807) is 6.07 Å². The minimum Gasteiger partial charge on any atom is -0.494 e. The maximum atomic E-state index is 14.4. The summed E-state index contributed by atoms with van der Waals surface area (Å²) < 4.78 is 32.4. The lowest BCUT2D eigenvalue weighted by Gasteiger charge is -2.23. The van der Waals surface area contributed by atoms with Crippen LogP contribution in [0.3, 0.4) is 0 Å². The second-order valence-corrected chi connectivity index (χ2v) is 7.28. The summed E-state index contributed by atoms with van der Waals surface area (Å²) >= 11 is 0. The molecule has 1 aliphatic rings. The van der Waals surface area contributed by atoms with Crippen molar-refractivity contribution >= 4 is 0 Å². The number of methoxy groups -OCH3 is 1. The first-order chi connectivity index (χ1) is 14.7. The molecule has 2 aromatic carbocycles. The second-order valence-electron chi connectivity index (χ2n) is 7.28. The molecule has 4 rings (SSSR count). The van der Waals surface area contributed by atoms with Gasteiger partial charge < -0.3 is 19.5 Å². The summed E-state index contributed by atoms with van der Waals surface area (Å²) in [4.78, 5) is 0. The lowest BCUT2D eigenvalue weighted by Crippen LogP contribution is -2.37. The normalized spacial score (nSPS) is 16.6. The van der Waals surface area contributed by atoms with E-state index in [1.807, 2.05) is 48.1 Å². The van der Waals surface area contributed by atoms with E-state index in [9.17, 15) is 4.39 Å². The van der Waals surface area contributed by atoms with Crippen LogP contribution >= 0.6 is 0 Å². The highest BCUT2D eigenvalue weighted by atomic mass is 19.1. The SMILES string of the molecule is COc1ccc(-c2nn(-c3ccccc3C)cc2CNCC2COCCO2)cc1F. The highest BCUT2D eigenvalue weighted by molar-refractivity contribution is 5.64. The largest absolute Gasteiger partial charge is 0.494 e. The second kappa shape index (κ2) is 9.38. The fraction of sp³-hybridized carbons (Fsp3) is 0.348. The number of hydrogen-bond donors (Lipinski definition) is 1. The summed E-state index contributed by atoms with van der Waals surface area (Å²) in [6, 6.07) is 13.0. The summed E-state index contributed by atoms with van der Waals surface area (Å²) in [6.07, 6.45) is 2.03. The van der Waals surface area contributed by atoms with Gasteiger partial charge in [-0.05, 0) is 36.8 Å². The van der Waals surface area contributed by atoms with Gasteiger partial charge in [0.1, 0.15) is 0 Å². The Bertz CT molecular complexity index is 999. The minimum atomic E-state index is -0.410. The van der Waals surface area contributed by atoms with Crippen LogP contribution in [-0.4, -0.2) is 49.4 Å². The number of halogens is 1. The number of nitrogens with one attached hydrogen (secondary N) is 1. The molecule has 0 aliphatic carbocycles. The van der Waals surface area contributed by atoms with Crippen molar-refractivity contribution in [1.82, 2.24) is 15.1 Å². The zero-order chi connectivity index (χ0) is 20.9. The predicted molar refractivity (Wildman–Crippen MR) is 113 cm³/mol. The van der Waals surface area contributed by atoms with Crippen LogP contribution in [0.1, 0.15) is 11.1 Å². The Morgan fingerprint density at radius 2 is 2.10 bits per heavy atom. The minimum absolute atomic E-state index is 0.0343. The van der Waals surface area contributed by atoms with Gasteiger partial charge in [-0.3, -0.25) is 0 Å². The van der Waals surface area contributed by atoms with Gasteiger partial charge in [-0.1, -0.05) is 18.2 Å². The summed E-state index contributed by atoms with van der Waals surface area (Å²) in [5.41, 5.74) is 4.50. The molecule has 3 aromatic rings. The lowest BCUT2D eigenvalue weighted by molar-refractivity contribution is -0.0864. The van der Waals surface area contributed by atoms with Gasteiger partial charge in [0.15, 0.2) is 11.6 Å². The number of ether oxygens (including phenoxy) is 3. The molecule has 2 heterocycles. The summed E-state index contributed by atoms with van der Waals surface area (Å²) in [6.45, 7) is 5.15. The van der Waals surface area contributed by atoms with Crippen LogP contribution in [0.2, 0.25) is 0 Å². The summed E-state index contributed by atoms with van der Waals surface area (Å²) in [5.74, 6) is -0.196. The smallest absolute Gasteiger partial charge is 0.165 e. The van der Waals surface area contributed by atoms with Crippen LogP contribution in [0.4, 0.5) is 4.39 Å². The van der Waals surface area contributed by atoms with Crippen LogP contribution in [0.5, 0.6) is 5.75 Å². The number of rotatable bonds is 7. The molecule has 1 saturated heterocycles. The lowest BCUT2D eigenvalue weighted by atomic mass is 10.1. The van der Waals surface area contributed by atoms with E-state index >= 15 is 0 Å². The molecule has 7 heteroatoms. The number of para-hydroxylation sites is 1. The maximum Gasteiger partial charge on any atom is 0.165 e. The van der Waals surface area contributed by atoms with E-state index in [0.29, 0.717) is 38.5 Å². The van der Waals surface area contributed by atoms with Crippen LogP contribution < -0.4 is 10.1 Å². The molecule has 6 nitrogen and oxygen atoms in total. The monoisotopic (exact) mass is 411 g/mol.